The van der Waals surface area contributed by atoms with Gasteiger partial charge in [0.25, 0.3) is 12.3 Å². The Bertz CT molecular complexity index is 1040. The predicted molar refractivity (Wildman–Crippen MR) is 102 cm³/mol. The van der Waals surface area contributed by atoms with E-state index in [1.54, 1.807) is 20.8 Å². The zero-order valence-corrected chi connectivity index (χ0v) is 17.1. The number of amides is 1. The van der Waals surface area contributed by atoms with Crippen molar-refractivity contribution in [1.82, 2.24) is 10.6 Å². The van der Waals surface area contributed by atoms with Gasteiger partial charge < -0.3 is 10.6 Å². The van der Waals surface area contributed by atoms with Crippen LogP contribution in [0.25, 0.3) is 0 Å². The summed E-state index contributed by atoms with van der Waals surface area (Å²) in [5.41, 5.74) is -3.27. The van der Waals surface area contributed by atoms with E-state index in [1.165, 1.54) is 24.3 Å². The lowest BCUT2D eigenvalue weighted by Gasteiger charge is -2.48. The molecule has 3 aliphatic rings. The third-order valence-corrected chi connectivity index (χ3v) is 6.03. The molecule has 1 unspecified atom stereocenters. The van der Waals surface area contributed by atoms with Crippen LogP contribution >= 0.6 is 0 Å². The van der Waals surface area contributed by atoms with E-state index in [9.17, 15) is 26.7 Å². The van der Waals surface area contributed by atoms with Crippen molar-refractivity contribution in [3.8, 4) is 0 Å². The summed E-state index contributed by atoms with van der Waals surface area (Å²) < 4.78 is 68.6. The van der Waals surface area contributed by atoms with E-state index in [4.69, 9.17) is 0 Å². The van der Waals surface area contributed by atoms with Crippen molar-refractivity contribution in [3.63, 3.8) is 0 Å². The fourth-order valence-electron chi connectivity index (χ4n) is 4.87. The number of carbonyl (C=O) groups is 1. The van der Waals surface area contributed by atoms with Gasteiger partial charge in [-0.25, -0.2) is 8.78 Å². The number of carbonyl (C=O) groups excluding carboxylic acids is 1. The second-order valence-corrected chi connectivity index (χ2v) is 8.58. The number of benzene rings is 1. The normalized spacial score (nSPS) is 27.3. The monoisotopic (exact) mass is 440 g/mol. The molecule has 1 aromatic rings. The van der Waals surface area contributed by atoms with E-state index >= 15 is 0 Å². The van der Waals surface area contributed by atoms with Crippen molar-refractivity contribution < 1.29 is 26.7 Å². The molecule has 0 radical (unpaired) electrons. The Morgan fingerprint density at radius 1 is 1.26 bits per heavy atom. The SMILES string of the molecule is CC[C@@]1(c2cccc(C(F)F)c2)C2=C(CC(C)(C)NC2=O)NC2N=NC(C(F)(F)F)=C21. The van der Waals surface area contributed by atoms with Crippen molar-refractivity contribution >= 4 is 5.91 Å². The number of fused-ring (bicyclic) bond motifs is 1. The van der Waals surface area contributed by atoms with E-state index in [0.717, 1.165) is 0 Å². The number of azo groups is 1. The third-order valence-electron chi connectivity index (χ3n) is 6.03. The van der Waals surface area contributed by atoms with Gasteiger partial charge in [0.05, 0.1) is 11.0 Å². The first-order valence-electron chi connectivity index (χ1n) is 9.84. The standard InChI is InChI=1S/C21H21F5N4O/c1-4-20(11-7-5-6-10(8-11)16(22)23)13-12(9-19(2,3)28-18(13)31)27-17-14(20)15(29-30-17)21(24,25)26/h5-8,16-17,27H,4,9H2,1-3H3,(H,28,31)/t17?,20-/m1/s1. The molecular weight excluding hydrogens is 419 g/mol. The van der Waals surface area contributed by atoms with Crippen LogP contribution in [-0.2, 0) is 10.2 Å². The van der Waals surface area contributed by atoms with Crippen LogP contribution in [0.5, 0.6) is 0 Å². The molecule has 166 valence electrons. The highest BCUT2D eigenvalue weighted by Gasteiger charge is 2.57. The number of hydrogen-bond donors (Lipinski definition) is 2. The molecule has 31 heavy (non-hydrogen) atoms. The van der Waals surface area contributed by atoms with Crippen molar-refractivity contribution in [3.05, 3.63) is 57.9 Å². The maximum absolute atomic E-state index is 13.9. The van der Waals surface area contributed by atoms with Crippen LogP contribution in [0.3, 0.4) is 0 Å². The maximum atomic E-state index is 13.9. The highest BCUT2D eigenvalue weighted by Crippen LogP contribution is 2.54. The molecule has 0 aromatic heterocycles. The minimum atomic E-state index is -4.82. The molecule has 3 heterocycles. The lowest BCUT2D eigenvalue weighted by molar-refractivity contribution is -0.120. The van der Waals surface area contributed by atoms with Crippen LogP contribution in [-0.4, -0.2) is 23.8 Å². The molecule has 0 saturated carbocycles. The van der Waals surface area contributed by atoms with Crippen LogP contribution in [0, 0.1) is 0 Å². The van der Waals surface area contributed by atoms with Crippen molar-refractivity contribution in [2.45, 2.75) is 63.3 Å². The van der Waals surface area contributed by atoms with Crippen LogP contribution < -0.4 is 10.6 Å². The van der Waals surface area contributed by atoms with Gasteiger partial charge in [-0.3, -0.25) is 4.79 Å². The maximum Gasteiger partial charge on any atom is 0.435 e. The van der Waals surface area contributed by atoms with E-state index in [0.29, 0.717) is 12.1 Å². The molecule has 10 heteroatoms. The summed E-state index contributed by atoms with van der Waals surface area (Å²) in [5.74, 6) is -0.539. The lowest BCUT2D eigenvalue weighted by Crippen LogP contribution is -2.58. The van der Waals surface area contributed by atoms with Crippen LogP contribution in [0.2, 0.25) is 0 Å². The average molecular weight is 440 g/mol. The van der Waals surface area contributed by atoms with Gasteiger partial charge in [-0.1, -0.05) is 25.1 Å². The molecule has 0 aliphatic carbocycles. The number of nitrogens with one attached hydrogen (secondary N) is 2. The summed E-state index contributed by atoms with van der Waals surface area (Å²) in [7, 11) is 0. The predicted octanol–water partition coefficient (Wildman–Crippen LogP) is 5.04. The summed E-state index contributed by atoms with van der Waals surface area (Å²) in [4.78, 5) is 13.2. The molecule has 1 amide bonds. The molecule has 1 aromatic carbocycles. The Hall–Kier alpha value is -2.78. The number of nitrogens with zero attached hydrogens (tertiary/aromatic N) is 2. The number of hydrogen-bond acceptors (Lipinski definition) is 4. The lowest BCUT2D eigenvalue weighted by atomic mass is 9.61. The minimum Gasteiger partial charge on any atom is -0.362 e. The van der Waals surface area contributed by atoms with Crippen molar-refractivity contribution in [1.29, 1.82) is 0 Å². The fourth-order valence-corrected chi connectivity index (χ4v) is 4.87. The third kappa shape index (κ3) is 3.23. The smallest absolute Gasteiger partial charge is 0.362 e. The second-order valence-electron chi connectivity index (χ2n) is 8.58. The second kappa shape index (κ2) is 6.86. The molecule has 0 bridgehead atoms. The summed E-state index contributed by atoms with van der Waals surface area (Å²) in [6.07, 6.45) is -8.41. The first kappa shape index (κ1) is 21.5. The van der Waals surface area contributed by atoms with E-state index in [2.05, 4.69) is 20.9 Å². The molecule has 2 N–H and O–H groups in total. The van der Waals surface area contributed by atoms with Crippen LogP contribution in [0.1, 0.15) is 51.2 Å². The molecular formula is C21H21F5N4O. The first-order chi connectivity index (χ1) is 14.4. The molecule has 5 nitrogen and oxygen atoms in total. The van der Waals surface area contributed by atoms with Gasteiger partial charge in [0.15, 0.2) is 11.9 Å². The minimum absolute atomic E-state index is 0.0322. The average Bonchev–Trinajstić information content (AvgIpc) is 3.10. The van der Waals surface area contributed by atoms with Gasteiger partial charge in [0.1, 0.15) is 0 Å². The molecule has 0 saturated heterocycles. The van der Waals surface area contributed by atoms with Gasteiger partial charge in [0, 0.05) is 28.8 Å². The van der Waals surface area contributed by atoms with Gasteiger partial charge in [-0.2, -0.15) is 18.3 Å². The van der Waals surface area contributed by atoms with E-state index < -0.39 is 41.3 Å². The van der Waals surface area contributed by atoms with Crippen molar-refractivity contribution in [2.75, 3.05) is 0 Å². The summed E-state index contributed by atoms with van der Waals surface area (Å²) in [6.45, 7) is 5.22. The zero-order valence-electron chi connectivity index (χ0n) is 17.1. The molecule has 0 spiro atoms. The summed E-state index contributed by atoms with van der Waals surface area (Å²) in [6, 6.07) is 5.23. The Kier molecular flexibility index (Phi) is 4.75. The molecule has 4 rings (SSSR count). The zero-order chi connectivity index (χ0) is 22.8. The highest BCUT2D eigenvalue weighted by molar-refractivity contribution is 6.00. The van der Waals surface area contributed by atoms with Crippen molar-refractivity contribution in [2.24, 2.45) is 10.2 Å². The number of allylic oxidation sites excluding steroid dienone is 1. The van der Waals surface area contributed by atoms with E-state index in [1.807, 2.05) is 0 Å². The molecule has 0 fully saturated rings. The van der Waals surface area contributed by atoms with Gasteiger partial charge >= 0.3 is 6.18 Å². The van der Waals surface area contributed by atoms with Gasteiger partial charge in [0.2, 0.25) is 0 Å². The Balaban J connectivity index is 2.08. The quantitative estimate of drug-likeness (QED) is 0.647. The van der Waals surface area contributed by atoms with Crippen LogP contribution in [0.15, 0.2) is 57.0 Å². The first-order valence-corrected chi connectivity index (χ1v) is 9.84. The Morgan fingerprint density at radius 3 is 2.58 bits per heavy atom. The van der Waals surface area contributed by atoms with E-state index in [-0.39, 0.29) is 28.7 Å². The largest absolute Gasteiger partial charge is 0.435 e. The summed E-state index contributed by atoms with van der Waals surface area (Å²) in [5, 5.41) is 13.0. The number of rotatable bonds is 3. The Labute approximate surface area is 175 Å². The molecule has 2 atom stereocenters. The summed E-state index contributed by atoms with van der Waals surface area (Å²) >= 11 is 0. The molecule has 3 aliphatic heterocycles. The fraction of sp³-hybridized carbons (Fsp3) is 0.476. The number of halogens is 5. The van der Waals surface area contributed by atoms with Gasteiger partial charge in [-0.15, -0.1) is 5.11 Å². The highest BCUT2D eigenvalue weighted by atomic mass is 19.4. The Morgan fingerprint density at radius 2 is 1.97 bits per heavy atom. The van der Waals surface area contributed by atoms with Crippen LogP contribution in [0.4, 0.5) is 22.0 Å². The topological polar surface area (TPSA) is 65.8 Å². The number of alkyl halides is 5. The van der Waals surface area contributed by atoms with Gasteiger partial charge in [-0.05, 0) is 31.9 Å².